The summed E-state index contributed by atoms with van der Waals surface area (Å²) in [6.45, 7) is 0. The zero-order chi connectivity index (χ0) is 8.23. The summed E-state index contributed by atoms with van der Waals surface area (Å²) in [7, 11) is 0. The number of hydrogen-bond acceptors (Lipinski definition) is 1. The van der Waals surface area contributed by atoms with E-state index in [0.717, 1.165) is 18.6 Å². The number of fused-ring (bicyclic) bond motifs is 1. The highest BCUT2D eigenvalue weighted by Crippen LogP contribution is 2.80. The lowest BCUT2D eigenvalue weighted by atomic mass is 9.83. The van der Waals surface area contributed by atoms with Gasteiger partial charge in [0, 0.05) is 6.42 Å². The highest BCUT2D eigenvalue weighted by atomic mass is 16.1. The standard InChI is InChI=1S/C11H16O/c12-5-4-11-7-9-2-1-3-10(11,6-9)8-11/h5,9H,1-4,6-8H2. The largest absolute Gasteiger partial charge is 0.303 e. The predicted molar refractivity (Wildman–Crippen MR) is 46.7 cm³/mol. The molecule has 3 aliphatic rings. The first-order valence-corrected chi connectivity index (χ1v) is 5.24. The molecule has 3 saturated carbocycles. The second-order valence-corrected chi connectivity index (χ2v) is 5.27. The lowest BCUT2D eigenvalue weighted by Gasteiger charge is -2.22. The molecule has 3 fully saturated rings. The van der Waals surface area contributed by atoms with Crippen LogP contribution in [-0.4, -0.2) is 6.29 Å². The molecule has 1 heteroatoms. The van der Waals surface area contributed by atoms with Crippen molar-refractivity contribution in [3.63, 3.8) is 0 Å². The first-order valence-electron chi connectivity index (χ1n) is 5.24. The fourth-order valence-electron chi connectivity index (χ4n) is 4.28. The van der Waals surface area contributed by atoms with Gasteiger partial charge >= 0.3 is 0 Å². The van der Waals surface area contributed by atoms with Crippen LogP contribution in [0.3, 0.4) is 0 Å². The van der Waals surface area contributed by atoms with E-state index in [-0.39, 0.29) is 0 Å². The maximum absolute atomic E-state index is 10.6. The van der Waals surface area contributed by atoms with Crippen LogP contribution in [0.1, 0.15) is 44.9 Å². The van der Waals surface area contributed by atoms with Crippen molar-refractivity contribution in [2.75, 3.05) is 0 Å². The van der Waals surface area contributed by atoms with Gasteiger partial charge in [-0.25, -0.2) is 0 Å². The first-order chi connectivity index (χ1) is 5.80. The molecule has 3 rings (SSSR count). The fraction of sp³-hybridized carbons (Fsp3) is 0.909. The van der Waals surface area contributed by atoms with E-state index in [1.54, 1.807) is 0 Å². The SMILES string of the molecule is O=CCC12CC3CCCC1(C3)C2. The van der Waals surface area contributed by atoms with E-state index in [1.807, 2.05) is 0 Å². The van der Waals surface area contributed by atoms with Gasteiger partial charge in [-0.1, -0.05) is 12.8 Å². The third-order valence-corrected chi connectivity index (χ3v) is 4.78. The van der Waals surface area contributed by atoms with Gasteiger partial charge < -0.3 is 4.79 Å². The molecule has 0 heterocycles. The highest BCUT2D eigenvalue weighted by Gasteiger charge is 2.71. The molecule has 2 bridgehead atoms. The van der Waals surface area contributed by atoms with Gasteiger partial charge in [0.1, 0.15) is 6.29 Å². The summed E-state index contributed by atoms with van der Waals surface area (Å²) < 4.78 is 0. The van der Waals surface area contributed by atoms with Crippen molar-refractivity contribution in [3.8, 4) is 0 Å². The zero-order valence-corrected chi connectivity index (χ0v) is 7.51. The quantitative estimate of drug-likeness (QED) is 0.573. The van der Waals surface area contributed by atoms with Crippen LogP contribution in [0.25, 0.3) is 0 Å². The van der Waals surface area contributed by atoms with E-state index >= 15 is 0 Å². The molecular formula is C11H16O. The molecule has 0 radical (unpaired) electrons. The molecule has 1 spiro atoms. The number of carbonyl (C=O) groups is 1. The van der Waals surface area contributed by atoms with E-state index in [9.17, 15) is 4.79 Å². The third kappa shape index (κ3) is 0.641. The summed E-state index contributed by atoms with van der Waals surface area (Å²) in [4.78, 5) is 10.6. The Morgan fingerprint density at radius 1 is 1.42 bits per heavy atom. The van der Waals surface area contributed by atoms with Gasteiger partial charge in [-0.3, -0.25) is 0 Å². The van der Waals surface area contributed by atoms with Crippen molar-refractivity contribution in [2.45, 2.75) is 44.9 Å². The number of aldehydes is 1. The Morgan fingerprint density at radius 3 is 3.08 bits per heavy atom. The smallest absolute Gasteiger partial charge is 0.120 e. The Kier molecular flexibility index (Phi) is 1.15. The Balaban J connectivity index is 1.88. The van der Waals surface area contributed by atoms with Gasteiger partial charge in [0.15, 0.2) is 0 Å². The Labute approximate surface area is 73.5 Å². The van der Waals surface area contributed by atoms with E-state index in [1.165, 1.54) is 38.5 Å². The molecule has 1 nitrogen and oxygen atoms in total. The minimum absolute atomic E-state index is 0.524. The molecule has 3 unspecified atom stereocenters. The number of carbonyl (C=O) groups excluding carboxylic acids is 1. The number of hydrogen-bond donors (Lipinski definition) is 0. The topological polar surface area (TPSA) is 17.1 Å². The summed E-state index contributed by atoms with van der Waals surface area (Å²) in [5.41, 5.74) is 1.20. The average molecular weight is 164 g/mol. The Morgan fingerprint density at radius 2 is 2.33 bits per heavy atom. The van der Waals surface area contributed by atoms with Gasteiger partial charge in [0.05, 0.1) is 0 Å². The summed E-state index contributed by atoms with van der Waals surface area (Å²) in [6, 6.07) is 0. The van der Waals surface area contributed by atoms with Gasteiger partial charge in [-0.05, 0) is 42.4 Å². The first kappa shape index (κ1) is 7.11. The van der Waals surface area contributed by atoms with Crippen LogP contribution in [0.5, 0.6) is 0 Å². The third-order valence-electron chi connectivity index (χ3n) is 4.78. The fourth-order valence-corrected chi connectivity index (χ4v) is 4.28. The average Bonchev–Trinajstić information content (AvgIpc) is 2.51. The maximum atomic E-state index is 10.6. The summed E-state index contributed by atoms with van der Waals surface area (Å²) >= 11 is 0. The lowest BCUT2D eigenvalue weighted by molar-refractivity contribution is -0.109. The van der Waals surface area contributed by atoms with Gasteiger partial charge in [0.25, 0.3) is 0 Å². The van der Waals surface area contributed by atoms with E-state index < -0.39 is 0 Å². The van der Waals surface area contributed by atoms with Crippen LogP contribution in [-0.2, 0) is 4.79 Å². The van der Waals surface area contributed by atoms with Crippen molar-refractivity contribution in [2.24, 2.45) is 16.7 Å². The second-order valence-electron chi connectivity index (χ2n) is 5.27. The lowest BCUT2D eigenvalue weighted by Crippen LogP contribution is -2.10. The van der Waals surface area contributed by atoms with Crippen molar-refractivity contribution in [1.29, 1.82) is 0 Å². The Hall–Kier alpha value is -0.330. The zero-order valence-electron chi connectivity index (χ0n) is 7.51. The Bertz CT molecular complexity index is 235. The molecule has 0 aliphatic heterocycles. The number of rotatable bonds is 2. The molecule has 0 aromatic rings. The van der Waals surface area contributed by atoms with Gasteiger partial charge in [-0.2, -0.15) is 0 Å². The van der Waals surface area contributed by atoms with E-state index in [2.05, 4.69) is 0 Å². The van der Waals surface area contributed by atoms with Crippen LogP contribution in [0, 0.1) is 16.7 Å². The molecule has 3 atom stereocenters. The molecule has 0 saturated heterocycles. The molecule has 0 aromatic heterocycles. The normalized spacial score (nSPS) is 54.8. The van der Waals surface area contributed by atoms with Crippen molar-refractivity contribution >= 4 is 6.29 Å². The van der Waals surface area contributed by atoms with Crippen LogP contribution < -0.4 is 0 Å². The van der Waals surface area contributed by atoms with Gasteiger partial charge in [-0.15, -0.1) is 0 Å². The molecule has 0 aromatic carbocycles. The summed E-state index contributed by atoms with van der Waals surface area (Å²) in [5, 5.41) is 0. The van der Waals surface area contributed by atoms with Crippen LogP contribution in [0.15, 0.2) is 0 Å². The minimum Gasteiger partial charge on any atom is -0.303 e. The highest BCUT2D eigenvalue weighted by molar-refractivity contribution is 5.53. The molecule has 3 aliphatic carbocycles. The monoisotopic (exact) mass is 164 g/mol. The van der Waals surface area contributed by atoms with Crippen LogP contribution in [0.4, 0.5) is 0 Å². The van der Waals surface area contributed by atoms with Crippen LogP contribution >= 0.6 is 0 Å². The van der Waals surface area contributed by atoms with Crippen molar-refractivity contribution < 1.29 is 4.79 Å². The molecule has 12 heavy (non-hydrogen) atoms. The van der Waals surface area contributed by atoms with Crippen molar-refractivity contribution in [1.82, 2.24) is 0 Å². The molecule has 0 amide bonds. The molecular weight excluding hydrogens is 148 g/mol. The molecule has 66 valence electrons. The van der Waals surface area contributed by atoms with Crippen LogP contribution in [0.2, 0.25) is 0 Å². The molecule has 0 N–H and O–H groups in total. The van der Waals surface area contributed by atoms with E-state index in [4.69, 9.17) is 0 Å². The maximum Gasteiger partial charge on any atom is 0.120 e. The predicted octanol–water partition coefficient (Wildman–Crippen LogP) is 2.55. The summed E-state index contributed by atoms with van der Waals surface area (Å²) in [5.74, 6) is 0.993. The summed E-state index contributed by atoms with van der Waals surface area (Å²) in [6.07, 6.45) is 10.6. The van der Waals surface area contributed by atoms with E-state index in [0.29, 0.717) is 10.8 Å². The minimum atomic E-state index is 0.524. The van der Waals surface area contributed by atoms with Crippen molar-refractivity contribution in [3.05, 3.63) is 0 Å². The van der Waals surface area contributed by atoms with Gasteiger partial charge in [0.2, 0.25) is 0 Å². The second kappa shape index (κ2) is 1.94.